The highest BCUT2D eigenvalue weighted by Crippen LogP contribution is 2.22. The van der Waals surface area contributed by atoms with Crippen LogP contribution < -0.4 is 20.3 Å². The number of benzene rings is 2. The first-order valence-corrected chi connectivity index (χ1v) is 10.5. The molecule has 1 saturated heterocycles. The molecule has 2 N–H and O–H groups in total. The molecule has 0 radical (unpaired) electrons. The van der Waals surface area contributed by atoms with E-state index in [9.17, 15) is 8.78 Å². The van der Waals surface area contributed by atoms with Crippen LogP contribution in [0.5, 0.6) is 5.75 Å². The van der Waals surface area contributed by atoms with E-state index in [1.165, 1.54) is 5.69 Å². The first-order valence-electron chi connectivity index (χ1n) is 10.5. The van der Waals surface area contributed by atoms with E-state index in [-0.39, 0.29) is 29.7 Å². The van der Waals surface area contributed by atoms with Crippen LogP contribution in [0, 0.1) is 6.92 Å². The predicted octanol–water partition coefficient (Wildman–Crippen LogP) is 4.31. The number of hydrogen-bond acceptors (Lipinski definition) is 4. The molecule has 1 aliphatic rings. The van der Waals surface area contributed by atoms with Gasteiger partial charge in [-0.15, -0.1) is 24.0 Å². The summed E-state index contributed by atoms with van der Waals surface area (Å²) in [5, 5.41) is 6.39. The molecule has 1 heterocycles. The molecular weight excluding hydrogens is 529 g/mol. The predicted molar refractivity (Wildman–Crippen MR) is 134 cm³/mol. The maximum absolute atomic E-state index is 12.7. The minimum atomic E-state index is -2.86. The fourth-order valence-corrected chi connectivity index (χ4v) is 3.38. The number of anilines is 1. The molecular formula is C23H31F2IN4O2. The molecule has 1 aliphatic heterocycles. The molecule has 1 fully saturated rings. The van der Waals surface area contributed by atoms with Crippen molar-refractivity contribution < 1.29 is 18.3 Å². The van der Waals surface area contributed by atoms with Crippen molar-refractivity contribution in [2.24, 2.45) is 4.99 Å². The molecule has 0 amide bonds. The largest absolute Gasteiger partial charge is 0.434 e. The quantitative estimate of drug-likeness (QED) is 0.287. The summed E-state index contributed by atoms with van der Waals surface area (Å²) in [7, 11) is 0. The van der Waals surface area contributed by atoms with Gasteiger partial charge in [0, 0.05) is 37.4 Å². The minimum Gasteiger partial charge on any atom is -0.434 e. The monoisotopic (exact) mass is 560 g/mol. The van der Waals surface area contributed by atoms with Crippen molar-refractivity contribution in [1.82, 2.24) is 10.6 Å². The Morgan fingerprint density at radius 2 is 1.84 bits per heavy atom. The number of alkyl halides is 2. The number of hydrogen-bond donors (Lipinski definition) is 2. The lowest BCUT2D eigenvalue weighted by atomic mass is 10.1. The second kappa shape index (κ2) is 13.4. The van der Waals surface area contributed by atoms with E-state index < -0.39 is 6.61 Å². The summed E-state index contributed by atoms with van der Waals surface area (Å²) in [5.74, 6) is 0.784. The number of halogens is 3. The van der Waals surface area contributed by atoms with Gasteiger partial charge in [0.2, 0.25) is 0 Å². The Morgan fingerprint density at radius 1 is 1.12 bits per heavy atom. The third-order valence-electron chi connectivity index (χ3n) is 4.95. The fourth-order valence-electron chi connectivity index (χ4n) is 3.38. The number of nitrogens with zero attached hydrogens (tertiary/aromatic N) is 2. The van der Waals surface area contributed by atoms with Crippen molar-refractivity contribution in [1.29, 1.82) is 0 Å². The third-order valence-corrected chi connectivity index (χ3v) is 4.95. The molecule has 3 rings (SSSR count). The van der Waals surface area contributed by atoms with Gasteiger partial charge in [-0.2, -0.15) is 8.78 Å². The molecule has 0 aliphatic carbocycles. The van der Waals surface area contributed by atoms with E-state index in [4.69, 9.17) is 4.74 Å². The summed E-state index contributed by atoms with van der Waals surface area (Å²) in [4.78, 5) is 6.93. The standard InChI is InChI=1S/C23H30F2N4O2.HI/c1-3-26-23(28-16-19-14-17(2)4-9-21(19)31-22(24)25)27-15-18-5-7-20(8-6-18)29-10-12-30-13-11-29;/h4-9,14,22H,3,10-13,15-16H2,1-2H3,(H2,26,27,28);1H. The van der Waals surface area contributed by atoms with Crippen LogP contribution in [0.2, 0.25) is 0 Å². The van der Waals surface area contributed by atoms with Crippen LogP contribution in [0.25, 0.3) is 0 Å². The zero-order chi connectivity index (χ0) is 22.1. The number of ether oxygens (including phenoxy) is 2. The number of morpholine rings is 1. The Bertz CT molecular complexity index is 860. The first-order chi connectivity index (χ1) is 15.0. The van der Waals surface area contributed by atoms with Gasteiger partial charge in [0.15, 0.2) is 5.96 Å². The summed E-state index contributed by atoms with van der Waals surface area (Å²) in [5.41, 5.74) is 3.90. The average molecular weight is 560 g/mol. The van der Waals surface area contributed by atoms with Gasteiger partial charge in [-0.05, 0) is 37.6 Å². The average Bonchev–Trinajstić information content (AvgIpc) is 2.78. The molecule has 0 saturated carbocycles. The van der Waals surface area contributed by atoms with E-state index in [1.807, 2.05) is 19.9 Å². The Hall–Kier alpha value is -2.14. The van der Waals surface area contributed by atoms with Crippen molar-refractivity contribution in [2.45, 2.75) is 33.5 Å². The summed E-state index contributed by atoms with van der Waals surface area (Å²) >= 11 is 0. The van der Waals surface area contributed by atoms with Crippen molar-refractivity contribution in [2.75, 3.05) is 37.7 Å². The van der Waals surface area contributed by atoms with E-state index in [0.29, 0.717) is 31.2 Å². The molecule has 0 atom stereocenters. The lowest BCUT2D eigenvalue weighted by Crippen LogP contribution is -2.37. The highest BCUT2D eigenvalue weighted by atomic mass is 127. The molecule has 176 valence electrons. The zero-order valence-corrected chi connectivity index (χ0v) is 20.8. The summed E-state index contributed by atoms with van der Waals surface area (Å²) in [6.45, 7) is 5.88. The van der Waals surface area contributed by atoms with Crippen molar-refractivity contribution in [3.63, 3.8) is 0 Å². The molecule has 6 nitrogen and oxygen atoms in total. The Morgan fingerprint density at radius 3 is 2.50 bits per heavy atom. The molecule has 0 aromatic heterocycles. The highest BCUT2D eigenvalue weighted by molar-refractivity contribution is 14.0. The fraction of sp³-hybridized carbons (Fsp3) is 0.435. The molecule has 32 heavy (non-hydrogen) atoms. The Kier molecular flexibility index (Phi) is 10.9. The van der Waals surface area contributed by atoms with E-state index in [0.717, 1.165) is 37.4 Å². The number of nitrogens with one attached hydrogen (secondary N) is 2. The normalized spacial score (nSPS) is 14.2. The molecule has 0 bridgehead atoms. The first kappa shape index (κ1) is 26.1. The van der Waals surface area contributed by atoms with E-state index in [2.05, 4.69) is 49.5 Å². The van der Waals surface area contributed by atoms with Crippen LogP contribution >= 0.6 is 24.0 Å². The van der Waals surface area contributed by atoms with E-state index >= 15 is 0 Å². The van der Waals surface area contributed by atoms with Gasteiger partial charge in [0.05, 0.1) is 19.8 Å². The van der Waals surface area contributed by atoms with Gasteiger partial charge in [-0.1, -0.05) is 29.8 Å². The SMILES string of the molecule is CCNC(=NCc1ccc(N2CCOCC2)cc1)NCc1cc(C)ccc1OC(F)F.I. The lowest BCUT2D eigenvalue weighted by Gasteiger charge is -2.28. The van der Waals surface area contributed by atoms with Gasteiger partial charge in [0.1, 0.15) is 5.75 Å². The number of guanidine groups is 1. The van der Waals surface area contributed by atoms with Crippen molar-refractivity contribution >= 4 is 35.6 Å². The topological polar surface area (TPSA) is 58.1 Å². The van der Waals surface area contributed by atoms with Gasteiger partial charge in [0.25, 0.3) is 0 Å². The second-order valence-corrected chi connectivity index (χ2v) is 7.30. The summed E-state index contributed by atoms with van der Waals surface area (Å²) in [6.07, 6.45) is 0. The molecule has 9 heteroatoms. The van der Waals surface area contributed by atoms with Crippen molar-refractivity contribution in [3.8, 4) is 5.75 Å². The highest BCUT2D eigenvalue weighted by Gasteiger charge is 2.12. The van der Waals surface area contributed by atoms with Gasteiger partial charge in [-0.3, -0.25) is 0 Å². The van der Waals surface area contributed by atoms with Crippen LogP contribution in [0.4, 0.5) is 14.5 Å². The minimum absolute atomic E-state index is 0. The number of rotatable bonds is 8. The second-order valence-electron chi connectivity index (χ2n) is 7.30. The van der Waals surface area contributed by atoms with Crippen LogP contribution in [0.15, 0.2) is 47.5 Å². The van der Waals surface area contributed by atoms with E-state index in [1.54, 1.807) is 12.1 Å². The lowest BCUT2D eigenvalue weighted by molar-refractivity contribution is -0.0504. The smallest absolute Gasteiger partial charge is 0.387 e. The zero-order valence-electron chi connectivity index (χ0n) is 18.4. The van der Waals surface area contributed by atoms with Gasteiger partial charge in [-0.25, -0.2) is 4.99 Å². The van der Waals surface area contributed by atoms with Gasteiger partial charge >= 0.3 is 6.61 Å². The molecule has 2 aromatic carbocycles. The van der Waals surface area contributed by atoms with Crippen LogP contribution in [0.1, 0.15) is 23.6 Å². The third kappa shape index (κ3) is 8.09. The van der Waals surface area contributed by atoms with Crippen LogP contribution in [-0.4, -0.2) is 45.4 Å². The summed E-state index contributed by atoms with van der Waals surface area (Å²) in [6, 6.07) is 13.5. The molecule has 0 unspecified atom stereocenters. The maximum atomic E-state index is 12.7. The van der Waals surface area contributed by atoms with Gasteiger partial charge < -0.3 is 25.0 Å². The molecule has 0 spiro atoms. The summed E-state index contributed by atoms with van der Waals surface area (Å²) < 4.78 is 35.4. The maximum Gasteiger partial charge on any atom is 0.387 e. The van der Waals surface area contributed by atoms with Crippen molar-refractivity contribution in [3.05, 3.63) is 59.2 Å². The number of aliphatic imine (C=N–C) groups is 1. The number of aryl methyl sites for hydroxylation is 1. The van der Waals surface area contributed by atoms with Crippen LogP contribution in [0.3, 0.4) is 0 Å². The Labute approximate surface area is 205 Å². The molecule has 2 aromatic rings. The Balaban J connectivity index is 0.00000363. The van der Waals surface area contributed by atoms with Crippen LogP contribution in [-0.2, 0) is 17.8 Å².